The summed E-state index contributed by atoms with van der Waals surface area (Å²) in [4.78, 5) is 16.1. The molecule has 6 nitrogen and oxygen atoms in total. The molecule has 0 aliphatic rings. The molecule has 0 saturated heterocycles. The average Bonchev–Trinajstić information content (AvgIpc) is 2.78. The fourth-order valence-corrected chi connectivity index (χ4v) is 2.55. The third-order valence-electron chi connectivity index (χ3n) is 2.81. The molecule has 0 saturated carbocycles. The Labute approximate surface area is 121 Å². The Morgan fingerprint density at radius 3 is 2.95 bits per heavy atom. The number of hydrogen-bond donors (Lipinski definition) is 1. The normalized spacial score (nSPS) is 10.8. The van der Waals surface area contributed by atoms with Crippen LogP contribution in [0.15, 0.2) is 23.5 Å². The van der Waals surface area contributed by atoms with E-state index in [0.29, 0.717) is 28.7 Å². The Morgan fingerprint density at radius 1 is 1.45 bits per heavy atom. The number of carbonyl (C=O) groups is 1. The minimum absolute atomic E-state index is 0.0336. The summed E-state index contributed by atoms with van der Waals surface area (Å²) in [7, 11) is 1.83. The number of aryl methyl sites for hydroxylation is 1. The fourth-order valence-electron chi connectivity index (χ4n) is 1.72. The number of ketones is 1. The van der Waals surface area contributed by atoms with Crippen LogP contribution < -0.4 is 0 Å². The van der Waals surface area contributed by atoms with Crippen LogP contribution in [-0.2, 0) is 13.5 Å². The lowest BCUT2D eigenvalue weighted by molar-refractivity contribution is 0.102. The van der Waals surface area contributed by atoms with Gasteiger partial charge in [-0.2, -0.15) is 0 Å². The predicted octanol–water partition coefficient (Wildman–Crippen LogP) is 1.03. The first kappa shape index (κ1) is 14.7. The second-order valence-electron chi connectivity index (χ2n) is 4.33. The summed E-state index contributed by atoms with van der Waals surface area (Å²) in [6, 6.07) is 3.49. The molecule has 2 heterocycles. The van der Waals surface area contributed by atoms with Gasteiger partial charge in [-0.1, -0.05) is 11.8 Å². The number of aliphatic hydroxyl groups excluding tert-OH is 1. The number of hydrogen-bond acceptors (Lipinski definition) is 6. The van der Waals surface area contributed by atoms with Gasteiger partial charge in [0.25, 0.3) is 0 Å². The summed E-state index contributed by atoms with van der Waals surface area (Å²) in [6.45, 7) is 1.89. The number of aromatic nitrogens is 4. The summed E-state index contributed by atoms with van der Waals surface area (Å²) < 4.78 is 1.80. The predicted molar refractivity (Wildman–Crippen MR) is 75.8 cm³/mol. The number of thioether (sulfide) groups is 1. The van der Waals surface area contributed by atoms with Gasteiger partial charge in [-0.15, -0.1) is 10.2 Å². The Balaban J connectivity index is 2.00. The monoisotopic (exact) mass is 292 g/mol. The third-order valence-corrected chi connectivity index (χ3v) is 3.83. The zero-order valence-electron chi connectivity index (χ0n) is 11.4. The van der Waals surface area contributed by atoms with Gasteiger partial charge in [0.1, 0.15) is 5.82 Å². The van der Waals surface area contributed by atoms with Crippen LogP contribution in [0.2, 0.25) is 0 Å². The number of nitrogens with zero attached hydrogens (tertiary/aromatic N) is 4. The van der Waals surface area contributed by atoms with Crippen molar-refractivity contribution in [3.63, 3.8) is 0 Å². The van der Waals surface area contributed by atoms with Gasteiger partial charge < -0.3 is 9.67 Å². The van der Waals surface area contributed by atoms with E-state index < -0.39 is 0 Å². The molecule has 7 heteroatoms. The highest BCUT2D eigenvalue weighted by atomic mass is 32.2. The highest BCUT2D eigenvalue weighted by Gasteiger charge is 2.12. The lowest BCUT2D eigenvalue weighted by Crippen LogP contribution is -2.05. The summed E-state index contributed by atoms with van der Waals surface area (Å²) >= 11 is 1.34. The minimum Gasteiger partial charge on any atom is -0.396 e. The van der Waals surface area contributed by atoms with Crippen LogP contribution >= 0.6 is 11.8 Å². The van der Waals surface area contributed by atoms with Gasteiger partial charge in [0.05, 0.1) is 12.4 Å². The molecule has 0 unspecified atom stereocenters. The first-order valence-corrected chi connectivity index (χ1v) is 7.18. The smallest absolute Gasteiger partial charge is 0.191 e. The first-order valence-electron chi connectivity index (χ1n) is 6.19. The molecule has 0 aromatic carbocycles. The molecule has 2 aromatic rings. The number of carbonyl (C=O) groups excluding carboxylic acids is 1. The standard InChI is InChI=1S/C13H16N4O2S/c1-9-7-10(3-5-14-9)11(19)8-20-13-16-15-12(4-6-18)17(13)2/h3,5,7,18H,4,6,8H2,1-2H3. The first-order chi connectivity index (χ1) is 9.61. The highest BCUT2D eigenvalue weighted by Crippen LogP contribution is 2.17. The van der Waals surface area contributed by atoms with Crippen LogP contribution in [-0.4, -0.2) is 43.0 Å². The van der Waals surface area contributed by atoms with Crippen molar-refractivity contribution in [2.45, 2.75) is 18.5 Å². The van der Waals surface area contributed by atoms with Gasteiger partial charge in [-0.25, -0.2) is 0 Å². The summed E-state index contributed by atoms with van der Waals surface area (Å²) in [5.41, 5.74) is 1.48. The molecule has 0 atom stereocenters. The maximum Gasteiger partial charge on any atom is 0.191 e. The molecular formula is C13H16N4O2S. The van der Waals surface area contributed by atoms with Gasteiger partial charge >= 0.3 is 0 Å². The van der Waals surface area contributed by atoms with Crippen molar-refractivity contribution in [2.24, 2.45) is 7.05 Å². The summed E-state index contributed by atoms with van der Waals surface area (Å²) in [5.74, 6) is 1.04. The quantitative estimate of drug-likeness (QED) is 0.632. The molecule has 20 heavy (non-hydrogen) atoms. The molecule has 1 N–H and O–H groups in total. The molecule has 0 bridgehead atoms. The summed E-state index contributed by atoms with van der Waals surface area (Å²) in [6.07, 6.45) is 2.09. The van der Waals surface area contributed by atoms with Crippen molar-refractivity contribution in [3.8, 4) is 0 Å². The second kappa shape index (κ2) is 6.62. The molecule has 0 fully saturated rings. The molecule has 0 radical (unpaired) electrons. The molecule has 0 amide bonds. The van der Waals surface area contributed by atoms with Crippen molar-refractivity contribution in [1.29, 1.82) is 0 Å². The van der Waals surface area contributed by atoms with Crippen molar-refractivity contribution in [1.82, 2.24) is 19.7 Å². The lowest BCUT2D eigenvalue weighted by atomic mass is 10.2. The van der Waals surface area contributed by atoms with Crippen molar-refractivity contribution in [3.05, 3.63) is 35.4 Å². The molecule has 106 valence electrons. The van der Waals surface area contributed by atoms with E-state index >= 15 is 0 Å². The van der Waals surface area contributed by atoms with Gasteiger partial charge in [0, 0.05) is 30.9 Å². The van der Waals surface area contributed by atoms with E-state index in [1.807, 2.05) is 14.0 Å². The Bertz CT molecular complexity index is 612. The van der Waals surface area contributed by atoms with E-state index in [4.69, 9.17) is 5.11 Å². The van der Waals surface area contributed by atoms with E-state index in [1.165, 1.54) is 11.8 Å². The fraction of sp³-hybridized carbons (Fsp3) is 0.385. The third kappa shape index (κ3) is 3.43. The van der Waals surface area contributed by atoms with E-state index in [2.05, 4.69) is 15.2 Å². The molecule has 2 rings (SSSR count). The Morgan fingerprint density at radius 2 is 2.25 bits per heavy atom. The van der Waals surface area contributed by atoms with E-state index in [0.717, 1.165) is 5.69 Å². The maximum absolute atomic E-state index is 12.1. The zero-order chi connectivity index (χ0) is 14.5. The van der Waals surface area contributed by atoms with Crippen LogP contribution in [0.1, 0.15) is 21.9 Å². The molecular weight excluding hydrogens is 276 g/mol. The minimum atomic E-state index is 0.0336. The second-order valence-corrected chi connectivity index (χ2v) is 5.27. The molecule has 0 aliphatic carbocycles. The Hall–Kier alpha value is -1.73. The van der Waals surface area contributed by atoms with Gasteiger partial charge in [0.2, 0.25) is 0 Å². The topological polar surface area (TPSA) is 80.9 Å². The maximum atomic E-state index is 12.1. The van der Waals surface area contributed by atoms with E-state index in [9.17, 15) is 4.79 Å². The average molecular weight is 292 g/mol. The van der Waals surface area contributed by atoms with E-state index in [1.54, 1.807) is 22.9 Å². The van der Waals surface area contributed by atoms with Crippen molar-refractivity contribution < 1.29 is 9.90 Å². The van der Waals surface area contributed by atoms with Crippen LogP contribution in [0.25, 0.3) is 0 Å². The number of Topliss-reactive ketones (excluding diaryl/α,β-unsaturated/α-hetero) is 1. The molecule has 0 spiro atoms. The number of rotatable bonds is 6. The Kier molecular flexibility index (Phi) is 4.86. The highest BCUT2D eigenvalue weighted by molar-refractivity contribution is 7.99. The summed E-state index contributed by atoms with van der Waals surface area (Å²) in [5, 5.41) is 17.6. The number of aliphatic hydroxyl groups is 1. The van der Waals surface area contributed by atoms with E-state index in [-0.39, 0.29) is 12.4 Å². The van der Waals surface area contributed by atoms with Crippen molar-refractivity contribution >= 4 is 17.5 Å². The van der Waals surface area contributed by atoms with Crippen LogP contribution in [0.3, 0.4) is 0 Å². The van der Waals surface area contributed by atoms with Crippen LogP contribution in [0.5, 0.6) is 0 Å². The molecule has 0 aliphatic heterocycles. The van der Waals surface area contributed by atoms with Gasteiger partial charge in [0.15, 0.2) is 10.9 Å². The van der Waals surface area contributed by atoms with Gasteiger partial charge in [-0.05, 0) is 19.1 Å². The van der Waals surface area contributed by atoms with Crippen LogP contribution in [0, 0.1) is 6.92 Å². The largest absolute Gasteiger partial charge is 0.396 e. The molecule has 2 aromatic heterocycles. The SMILES string of the molecule is Cc1cc(C(=O)CSc2nnc(CCO)n2C)ccn1. The van der Waals surface area contributed by atoms with Crippen LogP contribution in [0.4, 0.5) is 0 Å². The lowest BCUT2D eigenvalue weighted by Gasteiger charge is -2.03. The number of pyridine rings is 1. The van der Waals surface area contributed by atoms with Crippen molar-refractivity contribution in [2.75, 3.05) is 12.4 Å². The zero-order valence-corrected chi connectivity index (χ0v) is 12.2. The van der Waals surface area contributed by atoms with Gasteiger partial charge in [-0.3, -0.25) is 9.78 Å².